The molecule has 0 spiro atoms. The number of fused-ring (bicyclic) bond motifs is 2. The van der Waals surface area contributed by atoms with Gasteiger partial charge in [-0.2, -0.15) is 0 Å². The van der Waals surface area contributed by atoms with Crippen molar-refractivity contribution >= 4 is 10.9 Å². The molecular formula is C22H23FN2O4. The number of ether oxygens (including phenoxy) is 4. The lowest BCUT2D eigenvalue weighted by molar-refractivity contribution is 0.174. The molecule has 0 saturated carbocycles. The molecule has 0 amide bonds. The highest BCUT2D eigenvalue weighted by atomic mass is 19.1. The Balaban J connectivity index is 1.57. The third-order valence-corrected chi connectivity index (χ3v) is 4.63. The fraction of sp³-hybridized carbons (Fsp3) is 0.318. The number of nitrogens with zero attached hydrogens (tertiary/aromatic N) is 1. The average Bonchev–Trinajstić information content (AvgIpc) is 3.17. The van der Waals surface area contributed by atoms with Crippen molar-refractivity contribution in [1.82, 2.24) is 10.3 Å². The topological polar surface area (TPSA) is 61.8 Å². The van der Waals surface area contributed by atoms with Crippen LogP contribution < -0.4 is 19.5 Å². The molecule has 1 aromatic heterocycles. The third kappa shape index (κ3) is 4.75. The summed E-state index contributed by atoms with van der Waals surface area (Å²) < 4.78 is 35.4. The van der Waals surface area contributed by atoms with Crippen LogP contribution in [0.5, 0.6) is 17.4 Å². The van der Waals surface area contributed by atoms with E-state index in [-0.39, 0.29) is 19.2 Å². The number of benzene rings is 2. The Bertz CT molecular complexity index is 996. The van der Waals surface area contributed by atoms with Crippen molar-refractivity contribution in [3.8, 4) is 17.4 Å². The van der Waals surface area contributed by atoms with Crippen LogP contribution in [0.4, 0.5) is 4.39 Å². The minimum atomic E-state index is -0.287. The van der Waals surface area contributed by atoms with Crippen LogP contribution in [0.2, 0.25) is 0 Å². The molecule has 0 aliphatic carbocycles. The number of hydrogen-bond donors (Lipinski definition) is 1. The fourth-order valence-corrected chi connectivity index (χ4v) is 3.18. The molecule has 0 bridgehead atoms. The van der Waals surface area contributed by atoms with Crippen LogP contribution in [0, 0.1) is 5.82 Å². The van der Waals surface area contributed by atoms with E-state index in [0.29, 0.717) is 30.5 Å². The van der Waals surface area contributed by atoms with E-state index in [1.165, 1.54) is 12.1 Å². The Labute approximate surface area is 168 Å². The van der Waals surface area contributed by atoms with Gasteiger partial charge in [0, 0.05) is 37.3 Å². The van der Waals surface area contributed by atoms with Gasteiger partial charge in [-0.25, -0.2) is 9.37 Å². The van der Waals surface area contributed by atoms with Crippen LogP contribution in [0.1, 0.15) is 17.5 Å². The minimum Gasteiger partial charge on any atom is -0.473 e. The van der Waals surface area contributed by atoms with E-state index in [2.05, 4.69) is 10.3 Å². The number of rotatable bonds is 9. The van der Waals surface area contributed by atoms with E-state index in [1.54, 1.807) is 13.2 Å². The number of aromatic nitrogens is 1. The predicted octanol–water partition coefficient (Wildman–Crippen LogP) is 3.81. The van der Waals surface area contributed by atoms with Crippen LogP contribution in [-0.4, -0.2) is 32.0 Å². The number of methoxy groups -OCH3 is 1. The maximum atomic E-state index is 13.5. The third-order valence-electron chi connectivity index (χ3n) is 4.63. The molecule has 4 rings (SSSR count). The van der Waals surface area contributed by atoms with Crippen molar-refractivity contribution < 1.29 is 23.3 Å². The highest BCUT2D eigenvalue weighted by molar-refractivity contribution is 5.84. The number of pyridine rings is 1. The Morgan fingerprint density at radius 3 is 2.83 bits per heavy atom. The maximum Gasteiger partial charge on any atom is 0.231 e. The van der Waals surface area contributed by atoms with Crippen molar-refractivity contribution in [2.75, 3.05) is 27.1 Å². The van der Waals surface area contributed by atoms with Crippen LogP contribution in [0.3, 0.4) is 0 Å². The lowest BCUT2D eigenvalue weighted by Crippen LogP contribution is -2.17. The van der Waals surface area contributed by atoms with E-state index in [9.17, 15) is 4.39 Å². The van der Waals surface area contributed by atoms with E-state index in [0.717, 1.165) is 35.0 Å². The summed E-state index contributed by atoms with van der Waals surface area (Å²) in [5.74, 6) is 1.61. The van der Waals surface area contributed by atoms with Gasteiger partial charge in [-0.3, -0.25) is 0 Å². The first-order valence-electron chi connectivity index (χ1n) is 9.53. The zero-order valence-corrected chi connectivity index (χ0v) is 16.2. The molecule has 29 heavy (non-hydrogen) atoms. The summed E-state index contributed by atoms with van der Waals surface area (Å²) in [6.07, 6.45) is 0.912. The average molecular weight is 398 g/mol. The van der Waals surface area contributed by atoms with Gasteiger partial charge in [0.2, 0.25) is 12.7 Å². The molecular weight excluding hydrogens is 375 g/mol. The Morgan fingerprint density at radius 1 is 1.14 bits per heavy atom. The van der Waals surface area contributed by atoms with Crippen molar-refractivity contribution in [3.05, 3.63) is 59.4 Å². The lowest BCUT2D eigenvalue weighted by atomic mass is 10.1. The first-order chi connectivity index (χ1) is 14.2. The Kier molecular flexibility index (Phi) is 6.07. The van der Waals surface area contributed by atoms with E-state index < -0.39 is 0 Å². The maximum absolute atomic E-state index is 13.5. The smallest absolute Gasteiger partial charge is 0.231 e. The summed E-state index contributed by atoms with van der Waals surface area (Å²) in [6, 6.07) is 12.2. The summed E-state index contributed by atoms with van der Waals surface area (Å²) in [6.45, 7) is 2.56. The van der Waals surface area contributed by atoms with Gasteiger partial charge >= 0.3 is 0 Å². The van der Waals surface area contributed by atoms with Gasteiger partial charge in [-0.05, 0) is 42.8 Å². The molecule has 2 heterocycles. The fourth-order valence-electron chi connectivity index (χ4n) is 3.18. The van der Waals surface area contributed by atoms with Gasteiger partial charge in [0.15, 0.2) is 11.5 Å². The van der Waals surface area contributed by atoms with Crippen LogP contribution in [0.15, 0.2) is 42.5 Å². The second kappa shape index (κ2) is 9.07. The van der Waals surface area contributed by atoms with Gasteiger partial charge in [-0.15, -0.1) is 0 Å². The quantitative estimate of drug-likeness (QED) is 0.553. The normalized spacial score (nSPS) is 12.5. The first-order valence-corrected chi connectivity index (χ1v) is 9.53. The van der Waals surface area contributed by atoms with Crippen LogP contribution in [-0.2, 0) is 17.9 Å². The molecule has 0 fully saturated rings. The van der Waals surface area contributed by atoms with Crippen LogP contribution in [0.25, 0.3) is 10.9 Å². The second-order valence-corrected chi connectivity index (χ2v) is 6.79. The molecule has 1 aliphatic heterocycles. The largest absolute Gasteiger partial charge is 0.473 e. The molecule has 2 aromatic carbocycles. The van der Waals surface area contributed by atoms with Gasteiger partial charge < -0.3 is 24.3 Å². The predicted molar refractivity (Wildman–Crippen MR) is 107 cm³/mol. The molecule has 0 atom stereocenters. The molecule has 3 aromatic rings. The second-order valence-electron chi connectivity index (χ2n) is 6.79. The van der Waals surface area contributed by atoms with Crippen molar-refractivity contribution in [3.63, 3.8) is 0 Å². The molecule has 6 nitrogen and oxygen atoms in total. The summed E-state index contributed by atoms with van der Waals surface area (Å²) in [5.41, 5.74) is 2.42. The summed E-state index contributed by atoms with van der Waals surface area (Å²) in [5, 5.41) is 4.33. The van der Waals surface area contributed by atoms with Gasteiger partial charge in [0.05, 0.1) is 5.52 Å². The summed E-state index contributed by atoms with van der Waals surface area (Å²) in [7, 11) is 1.69. The molecule has 1 aliphatic rings. The van der Waals surface area contributed by atoms with Gasteiger partial charge in [-0.1, -0.05) is 12.1 Å². The summed E-state index contributed by atoms with van der Waals surface area (Å²) in [4.78, 5) is 4.69. The monoisotopic (exact) mass is 398 g/mol. The number of hydrogen-bond acceptors (Lipinski definition) is 6. The van der Waals surface area contributed by atoms with Gasteiger partial charge in [0.25, 0.3) is 0 Å². The highest BCUT2D eigenvalue weighted by Gasteiger charge is 2.17. The number of halogens is 1. The number of nitrogens with one attached hydrogen (secondary N) is 1. The van der Waals surface area contributed by atoms with Gasteiger partial charge in [0.1, 0.15) is 12.4 Å². The molecule has 1 N–H and O–H groups in total. The highest BCUT2D eigenvalue weighted by Crippen LogP contribution is 2.37. The lowest BCUT2D eigenvalue weighted by Gasteiger charge is -2.13. The Hall–Kier alpha value is -2.90. The minimum absolute atomic E-state index is 0.211. The van der Waals surface area contributed by atoms with E-state index in [1.807, 2.05) is 24.3 Å². The SMILES string of the molecule is COCCCNCc1cc2cc3c(cc2nc1OCc1cccc(F)c1)OCO3. The molecule has 0 unspecified atom stereocenters. The van der Waals surface area contributed by atoms with Crippen molar-refractivity contribution in [1.29, 1.82) is 0 Å². The van der Waals surface area contributed by atoms with E-state index >= 15 is 0 Å². The summed E-state index contributed by atoms with van der Waals surface area (Å²) >= 11 is 0. The van der Waals surface area contributed by atoms with Crippen LogP contribution >= 0.6 is 0 Å². The zero-order valence-electron chi connectivity index (χ0n) is 16.2. The molecule has 152 valence electrons. The molecule has 0 radical (unpaired) electrons. The standard InChI is InChI=1S/C22H23FN2O4/c1-26-7-3-6-24-12-17-9-16-10-20-21(29-14-28-20)11-19(16)25-22(17)27-13-15-4-2-5-18(23)8-15/h2,4-5,8-11,24H,3,6-7,12-14H2,1H3. The zero-order chi connectivity index (χ0) is 20.1. The Morgan fingerprint density at radius 2 is 2.00 bits per heavy atom. The molecule has 0 saturated heterocycles. The van der Waals surface area contributed by atoms with Crippen molar-refractivity contribution in [2.45, 2.75) is 19.6 Å². The van der Waals surface area contributed by atoms with Crippen molar-refractivity contribution in [2.24, 2.45) is 0 Å². The first kappa shape index (κ1) is 19.4. The molecule has 7 heteroatoms. The van der Waals surface area contributed by atoms with E-state index in [4.69, 9.17) is 18.9 Å².